The summed E-state index contributed by atoms with van der Waals surface area (Å²) in [4.78, 5) is 14.1. The first-order valence-electron chi connectivity index (χ1n) is 7.16. The summed E-state index contributed by atoms with van der Waals surface area (Å²) in [5.41, 5.74) is 0.431. The molecule has 0 radical (unpaired) electrons. The monoisotopic (exact) mass is 265 g/mol. The Balaban J connectivity index is 1.70. The van der Waals surface area contributed by atoms with Crippen LogP contribution in [0.4, 0.5) is 0 Å². The van der Waals surface area contributed by atoms with Crippen molar-refractivity contribution in [3.63, 3.8) is 0 Å². The highest BCUT2D eigenvalue weighted by Gasteiger charge is 2.29. The van der Waals surface area contributed by atoms with Crippen molar-refractivity contribution >= 4 is 5.91 Å². The highest BCUT2D eigenvalue weighted by molar-refractivity contribution is 5.76. The molecular weight excluding hydrogens is 242 g/mol. The Morgan fingerprint density at radius 2 is 2.21 bits per heavy atom. The minimum atomic E-state index is 0.262. The molecule has 0 aromatic carbocycles. The topological polar surface area (TPSA) is 59.2 Å². The van der Waals surface area contributed by atoms with E-state index in [0.29, 0.717) is 24.1 Å². The summed E-state index contributed by atoms with van der Waals surface area (Å²) in [6.07, 6.45) is 6.82. The summed E-state index contributed by atoms with van der Waals surface area (Å²) in [6.45, 7) is 6.37. The van der Waals surface area contributed by atoms with E-state index in [9.17, 15) is 4.79 Å². The molecule has 19 heavy (non-hydrogen) atoms. The molecule has 1 aromatic heterocycles. The van der Waals surface area contributed by atoms with Crippen LogP contribution in [0.1, 0.15) is 51.8 Å². The molecule has 1 aliphatic heterocycles. The molecule has 106 valence electrons. The molecule has 0 spiro atoms. The Morgan fingerprint density at radius 3 is 2.79 bits per heavy atom. The van der Waals surface area contributed by atoms with E-state index in [1.807, 2.05) is 4.90 Å². The lowest BCUT2D eigenvalue weighted by Crippen LogP contribution is -2.41. The lowest BCUT2D eigenvalue weighted by Gasteiger charge is -2.39. The molecular formula is C14H23N3O2. The maximum absolute atomic E-state index is 12.1. The van der Waals surface area contributed by atoms with Crippen LogP contribution in [0, 0.1) is 5.41 Å². The fourth-order valence-corrected chi connectivity index (χ4v) is 2.50. The third-order valence-electron chi connectivity index (χ3n) is 4.36. The maximum Gasteiger partial charge on any atom is 0.222 e. The zero-order valence-corrected chi connectivity index (χ0v) is 11.9. The van der Waals surface area contributed by atoms with Gasteiger partial charge < -0.3 is 9.32 Å². The van der Waals surface area contributed by atoms with E-state index in [1.165, 1.54) is 12.8 Å². The summed E-state index contributed by atoms with van der Waals surface area (Å²) in [5.74, 6) is 0.877. The molecule has 0 saturated carbocycles. The molecule has 0 bridgehead atoms. The number of carbonyl (C=O) groups is 1. The van der Waals surface area contributed by atoms with Gasteiger partial charge in [-0.2, -0.15) is 0 Å². The Bertz CT molecular complexity index is 395. The lowest BCUT2D eigenvalue weighted by molar-refractivity contribution is -0.133. The fourth-order valence-electron chi connectivity index (χ4n) is 2.50. The van der Waals surface area contributed by atoms with Gasteiger partial charge in [-0.15, -0.1) is 10.2 Å². The van der Waals surface area contributed by atoms with E-state index < -0.39 is 0 Å². The van der Waals surface area contributed by atoms with E-state index in [-0.39, 0.29) is 5.91 Å². The van der Waals surface area contributed by atoms with Crippen LogP contribution >= 0.6 is 0 Å². The number of aryl methyl sites for hydroxylation is 1. The Labute approximate surface area is 114 Å². The predicted molar refractivity (Wildman–Crippen MR) is 71.4 cm³/mol. The van der Waals surface area contributed by atoms with E-state index in [2.05, 4.69) is 24.0 Å². The van der Waals surface area contributed by atoms with Gasteiger partial charge in [0.05, 0.1) is 0 Å². The van der Waals surface area contributed by atoms with Crippen molar-refractivity contribution < 1.29 is 9.21 Å². The highest BCUT2D eigenvalue weighted by atomic mass is 16.4. The quantitative estimate of drug-likeness (QED) is 0.820. The van der Waals surface area contributed by atoms with Gasteiger partial charge in [0.25, 0.3) is 0 Å². The third kappa shape index (κ3) is 3.78. The first kappa shape index (κ1) is 14.0. The average Bonchev–Trinajstić information content (AvgIpc) is 2.92. The number of aromatic nitrogens is 2. The van der Waals surface area contributed by atoms with Crippen LogP contribution in [-0.4, -0.2) is 34.1 Å². The van der Waals surface area contributed by atoms with Crippen molar-refractivity contribution in [2.45, 2.75) is 52.4 Å². The molecule has 5 nitrogen and oxygen atoms in total. The molecule has 1 aromatic rings. The van der Waals surface area contributed by atoms with Crippen LogP contribution < -0.4 is 0 Å². The Morgan fingerprint density at radius 1 is 1.47 bits per heavy atom. The minimum Gasteiger partial charge on any atom is -0.428 e. The van der Waals surface area contributed by atoms with Gasteiger partial charge >= 0.3 is 0 Å². The number of nitrogens with zero attached hydrogens (tertiary/aromatic N) is 3. The zero-order valence-electron chi connectivity index (χ0n) is 11.9. The zero-order chi connectivity index (χ0) is 13.7. The van der Waals surface area contributed by atoms with Crippen molar-refractivity contribution in [3.05, 3.63) is 12.3 Å². The highest BCUT2D eigenvalue weighted by Crippen LogP contribution is 2.34. The van der Waals surface area contributed by atoms with Gasteiger partial charge in [0.1, 0.15) is 0 Å². The Hall–Kier alpha value is -1.39. The third-order valence-corrected chi connectivity index (χ3v) is 4.36. The molecule has 0 aliphatic carbocycles. The molecule has 0 atom stereocenters. The van der Waals surface area contributed by atoms with Gasteiger partial charge in [0.2, 0.25) is 18.2 Å². The van der Waals surface area contributed by atoms with Crippen molar-refractivity contribution in [2.24, 2.45) is 5.41 Å². The number of carbonyl (C=O) groups excluding carboxylic acids is 1. The van der Waals surface area contributed by atoms with Gasteiger partial charge in [-0.25, -0.2) is 0 Å². The molecule has 0 N–H and O–H groups in total. The SMILES string of the molecule is CCC1(C)CCN(C(=O)CCCc2nnco2)CC1. The van der Waals surface area contributed by atoms with Crippen LogP contribution in [0.25, 0.3) is 0 Å². The van der Waals surface area contributed by atoms with Gasteiger partial charge in [-0.1, -0.05) is 20.3 Å². The molecule has 5 heteroatoms. The molecule has 1 fully saturated rings. The summed E-state index contributed by atoms with van der Waals surface area (Å²) >= 11 is 0. The van der Waals surface area contributed by atoms with Crippen LogP contribution in [0.2, 0.25) is 0 Å². The summed E-state index contributed by atoms with van der Waals surface area (Å²) in [6, 6.07) is 0. The van der Waals surface area contributed by atoms with Crippen LogP contribution in [0.3, 0.4) is 0 Å². The predicted octanol–water partition coefficient (Wildman–Crippen LogP) is 2.43. The first-order chi connectivity index (χ1) is 9.13. The molecule has 1 aliphatic rings. The van der Waals surface area contributed by atoms with E-state index in [1.54, 1.807) is 0 Å². The van der Waals surface area contributed by atoms with E-state index in [0.717, 1.165) is 32.4 Å². The summed E-state index contributed by atoms with van der Waals surface area (Å²) in [5, 5.41) is 7.44. The van der Waals surface area contributed by atoms with Crippen molar-refractivity contribution in [1.29, 1.82) is 0 Å². The van der Waals surface area contributed by atoms with E-state index in [4.69, 9.17) is 4.42 Å². The maximum atomic E-state index is 12.1. The van der Waals surface area contributed by atoms with Crippen LogP contribution in [-0.2, 0) is 11.2 Å². The van der Waals surface area contributed by atoms with Crippen molar-refractivity contribution in [3.8, 4) is 0 Å². The number of hydrogen-bond donors (Lipinski definition) is 0. The van der Waals surface area contributed by atoms with Gasteiger partial charge in [-0.05, 0) is 24.7 Å². The molecule has 2 rings (SSSR count). The molecule has 1 saturated heterocycles. The first-order valence-corrected chi connectivity index (χ1v) is 7.16. The van der Waals surface area contributed by atoms with Gasteiger partial charge in [0.15, 0.2) is 0 Å². The number of piperidine rings is 1. The summed E-state index contributed by atoms with van der Waals surface area (Å²) < 4.78 is 5.06. The van der Waals surface area contributed by atoms with E-state index >= 15 is 0 Å². The Kier molecular flexibility index (Phi) is 4.56. The number of amides is 1. The van der Waals surface area contributed by atoms with Crippen molar-refractivity contribution in [2.75, 3.05) is 13.1 Å². The largest absolute Gasteiger partial charge is 0.428 e. The van der Waals surface area contributed by atoms with Crippen LogP contribution in [0.15, 0.2) is 10.8 Å². The smallest absolute Gasteiger partial charge is 0.222 e. The van der Waals surface area contributed by atoms with Crippen molar-refractivity contribution in [1.82, 2.24) is 15.1 Å². The van der Waals surface area contributed by atoms with Gasteiger partial charge in [-0.3, -0.25) is 4.79 Å². The number of likely N-dealkylation sites (tertiary alicyclic amines) is 1. The van der Waals surface area contributed by atoms with Crippen LogP contribution in [0.5, 0.6) is 0 Å². The lowest BCUT2D eigenvalue weighted by atomic mass is 9.78. The number of rotatable bonds is 5. The van der Waals surface area contributed by atoms with Gasteiger partial charge in [0, 0.05) is 25.9 Å². The molecule has 0 unspecified atom stereocenters. The fraction of sp³-hybridized carbons (Fsp3) is 0.786. The molecule has 1 amide bonds. The normalized spacial score (nSPS) is 18.5. The summed E-state index contributed by atoms with van der Waals surface area (Å²) in [7, 11) is 0. The standard InChI is InChI=1S/C14H23N3O2/c1-3-14(2)7-9-17(10-8-14)13(18)6-4-5-12-16-15-11-19-12/h11H,3-10H2,1-2H3. The number of hydrogen-bond acceptors (Lipinski definition) is 4. The molecule has 2 heterocycles. The second-order valence-electron chi connectivity index (χ2n) is 5.73. The second kappa shape index (κ2) is 6.17. The minimum absolute atomic E-state index is 0.262. The second-order valence-corrected chi connectivity index (χ2v) is 5.73. The average molecular weight is 265 g/mol.